The van der Waals surface area contributed by atoms with E-state index in [1.54, 1.807) is 0 Å². The Labute approximate surface area is 195 Å². The summed E-state index contributed by atoms with van der Waals surface area (Å²) in [5.41, 5.74) is 2.60. The zero-order valence-corrected chi connectivity index (χ0v) is 24.7. The second kappa shape index (κ2) is 11.3. The van der Waals surface area contributed by atoms with Crippen molar-refractivity contribution in [3.63, 3.8) is 0 Å². The van der Waals surface area contributed by atoms with Crippen molar-refractivity contribution in [1.82, 2.24) is 4.98 Å². The number of nitrogens with zero attached hydrogens (tertiary/aromatic N) is 1. The maximum absolute atomic E-state index is 5.13. The first kappa shape index (κ1) is 27.7. The standard InChI is InChI=1S/C18H28N2Si2.2BrH.Hf/c1-21(2,3)19-18(20-22(4,5)6)17-14-10-9-13-16(17)15-11-7-8-12-15;;;/h7-15H,1-6H3,(H,19,20);2*1H;/p-2. The maximum Gasteiger partial charge on any atom is 0.175 e. The fourth-order valence-electron chi connectivity index (χ4n) is 2.49. The van der Waals surface area contributed by atoms with Gasteiger partial charge in [-0.1, -0.05) is 68.2 Å². The molecule has 25 heavy (non-hydrogen) atoms. The molecule has 0 atom stereocenters. The molecule has 1 aromatic rings. The van der Waals surface area contributed by atoms with Crippen LogP contribution in [-0.2, 0) is 25.8 Å². The number of amidine groups is 1. The molecule has 0 unspecified atom stereocenters. The van der Waals surface area contributed by atoms with Crippen LogP contribution in [0.5, 0.6) is 0 Å². The Hall–Kier alpha value is 0.434. The zero-order chi connectivity index (χ0) is 16.4. The van der Waals surface area contributed by atoms with Crippen molar-refractivity contribution >= 4 is 22.3 Å². The van der Waals surface area contributed by atoms with Crippen molar-refractivity contribution in [3.8, 4) is 0 Å². The van der Waals surface area contributed by atoms with Gasteiger partial charge in [0.1, 0.15) is 14.1 Å². The maximum atomic E-state index is 5.13. The second-order valence-corrected chi connectivity index (χ2v) is 17.2. The van der Waals surface area contributed by atoms with Crippen LogP contribution in [0.1, 0.15) is 17.0 Å². The summed E-state index contributed by atoms with van der Waals surface area (Å²) in [7, 11) is -3.01. The molecule has 0 aromatic heterocycles. The summed E-state index contributed by atoms with van der Waals surface area (Å²) in [5, 5.41) is 0. The molecule has 1 aliphatic rings. The Morgan fingerprint density at radius 1 is 0.920 bits per heavy atom. The van der Waals surface area contributed by atoms with Crippen molar-refractivity contribution in [2.24, 2.45) is 4.66 Å². The smallest absolute Gasteiger partial charge is 0.175 e. The number of benzene rings is 1. The Kier molecular flexibility index (Phi) is 12.5. The molecule has 0 bridgehead atoms. The van der Waals surface area contributed by atoms with Gasteiger partial charge in [-0.2, -0.15) is 0 Å². The minimum atomic E-state index is -1.55. The molecule has 1 aromatic carbocycles. The first-order valence-electron chi connectivity index (χ1n) is 7.98. The summed E-state index contributed by atoms with van der Waals surface area (Å²) in [5.74, 6) is 1.47. The largest absolute Gasteiger partial charge is 1.00 e. The predicted molar refractivity (Wildman–Crippen MR) is 104 cm³/mol. The van der Waals surface area contributed by atoms with Gasteiger partial charge in [0, 0.05) is 37.3 Å². The van der Waals surface area contributed by atoms with Crippen LogP contribution >= 0.6 is 0 Å². The molecule has 0 radical (unpaired) electrons. The Bertz CT molecular complexity index is 621. The molecule has 0 aliphatic heterocycles. The molecule has 138 valence electrons. The van der Waals surface area contributed by atoms with Gasteiger partial charge in [0.25, 0.3) is 0 Å². The molecule has 0 saturated carbocycles. The number of hydrogen-bond donors (Lipinski definition) is 1. The first-order valence-corrected chi connectivity index (χ1v) is 14.9. The molecular weight excluding hydrogens is 639 g/mol. The quantitative estimate of drug-likeness (QED) is 0.247. The van der Waals surface area contributed by atoms with Crippen LogP contribution in [0, 0.1) is 0 Å². The van der Waals surface area contributed by atoms with Gasteiger partial charge in [-0.05, 0) is 25.2 Å². The minimum Gasteiger partial charge on any atom is -1.00 e. The molecule has 0 spiro atoms. The monoisotopic (exact) mass is 666 g/mol. The van der Waals surface area contributed by atoms with Crippen molar-refractivity contribution in [2.75, 3.05) is 0 Å². The average molecular weight is 667 g/mol. The minimum absolute atomic E-state index is 0. The number of allylic oxidation sites excluding steroid dienone is 4. The fourth-order valence-corrected chi connectivity index (χ4v) is 4.35. The van der Waals surface area contributed by atoms with Crippen LogP contribution in [-0.4, -0.2) is 22.3 Å². The van der Waals surface area contributed by atoms with Crippen molar-refractivity contribution in [1.29, 1.82) is 0 Å². The van der Waals surface area contributed by atoms with E-state index >= 15 is 0 Å². The van der Waals surface area contributed by atoms with Crippen molar-refractivity contribution in [2.45, 2.75) is 45.2 Å². The van der Waals surface area contributed by atoms with Crippen LogP contribution in [0.25, 0.3) is 0 Å². The van der Waals surface area contributed by atoms with E-state index in [1.165, 1.54) is 11.1 Å². The van der Waals surface area contributed by atoms with Gasteiger partial charge in [0.2, 0.25) is 0 Å². The van der Waals surface area contributed by atoms with E-state index in [4.69, 9.17) is 4.66 Å². The number of rotatable bonds is 4. The number of nitrogens with one attached hydrogen (secondary N) is 1. The molecule has 0 amide bonds. The summed E-state index contributed by atoms with van der Waals surface area (Å²) < 4.78 is 5.13. The van der Waals surface area contributed by atoms with Gasteiger partial charge in [-0.15, -0.1) is 0 Å². The molecule has 2 nitrogen and oxygen atoms in total. The van der Waals surface area contributed by atoms with Crippen molar-refractivity contribution in [3.05, 3.63) is 59.7 Å². The number of hydrogen-bond acceptors (Lipinski definition) is 1. The van der Waals surface area contributed by atoms with Crippen molar-refractivity contribution < 1.29 is 59.8 Å². The molecular formula is C18H28Br2HfN2Si2-2. The predicted octanol–water partition coefficient (Wildman–Crippen LogP) is -1.09. The summed E-state index contributed by atoms with van der Waals surface area (Å²) in [6, 6.07) is 8.68. The van der Waals surface area contributed by atoms with E-state index in [1.807, 2.05) is 0 Å². The van der Waals surface area contributed by atoms with Crippen LogP contribution in [0.2, 0.25) is 39.3 Å². The van der Waals surface area contributed by atoms with E-state index in [9.17, 15) is 0 Å². The van der Waals surface area contributed by atoms with Crippen LogP contribution in [0.15, 0.2) is 53.2 Å². The molecule has 7 heteroatoms. The average Bonchev–Trinajstić information content (AvgIpc) is 2.88. The van der Waals surface area contributed by atoms with Gasteiger partial charge in [-0.25, -0.2) is 0 Å². The topological polar surface area (TPSA) is 24.4 Å². The second-order valence-electron chi connectivity index (χ2n) is 7.89. The third kappa shape index (κ3) is 9.26. The van der Waals surface area contributed by atoms with Gasteiger partial charge < -0.3 is 43.6 Å². The van der Waals surface area contributed by atoms with Crippen LogP contribution in [0.4, 0.5) is 0 Å². The summed E-state index contributed by atoms with van der Waals surface area (Å²) in [6.45, 7) is 13.8. The van der Waals surface area contributed by atoms with E-state index < -0.39 is 16.5 Å². The van der Waals surface area contributed by atoms with Gasteiger partial charge in [0.05, 0.1) is 0 Å². The van der Waals surface area contributed by atoms with E-state index in [2.05, 4.69) is 92.8 Å². The normalized spacial score (nSPS) is 14.4. The summed E-state index contributed by atoms with van der Waals surface area (Å²) >= 11 is 0. The molecule has 0 saturated heterocycles. The third-order valence-electron chi connectivity index (χ3n) is 3.26. The van der Waals surface area contributed by atoms with Gasteiger partial charge >= 0.3 is 0 Å². The van der Waals surface area contributed by atoms with Crippen LogP contribution < -0.4 is 38.9 Å². The summed E-state index contributed by atoms with van der Waals surface area (Å²) in [6.07, 6.45) is 8.75. The Morgan fingerprint density at radius 3 is 1.92 bits per heavy atom. The Morgan fingerprint density at radius 2 is 1.44 bits per heavy atom. The molecule has 0 heterocycles. The molecule has 1 N–H and O–H groups in total. The van der Waals surface area contributed by atoms with E-state index in [-0.39, 0.29) is 59.8 Å². The fraction of sp³-hybridized carbons (Fsp3) is 0.389. The molecule has 0 fully saturated rings. The van der Waals surface area contributed by atoms with Crippen LogP contribution in [0.3, 0.4) is 0 Å². The van der Waals surface area contributed by atoms with Gasteiger partial charge in [-0.3, -0.25) is 0 Å². The first-order chi connectivity index (χ1) is 10.2. The third-order valence-corrected chi connectivity index (χ3v) is 5.14. The van der Waals surface area contributed by atoms with E-state index in [0.717, 1.165) is 5.84 Å². The number of halogens is 2. The molecule has 2 rings (SSSR count). The zero-order valence-electron chi connectivity index (χ0n) is 15.9. The summed E-state index contributed by atoms with van der Waals surface area (Å²) in [4.78, 5) is 3.77. The molecule has 1 aliphatic carbocycles. The SMILES string of the molecule is C[Si](C)(C)N=C(N[Si](C)(C)C)c1ccccc1C1C=CC=C1.[Br-].[Br-].[Hf]. The Balaban J connectivity index is 0. The van der Waals surface area contributed by atoms with E-state index in [0.29, 0.717) is 5.92 Å². The van der Waals surface area contributed by atoms with Gasteiger partial charge in [0.15, 0.2) is 8.24 Å².